The summed E-state index contributed by atoms with van der Waals surface area (Å²) in [5, 5.41) is 11.1. The first-order chi connectivity index (χ1) is 12.6. The van der Waals surface area contributed by atoms with E-state index in [9.17, 15) is 14.7 Å². The molecule has 0 bridgehead atoms. The second-order valence-corrected chi connectivity index (χ2v) is 8.48. The molecule has 2 aromatic rings. The number of carbonyl (C=O) groups is 1. The van der Waals surface area contributed by atoms with Crippen LogP contribution in [0.5, 0.6) is 0 Å². The summed E-state index contributed by atoms with van der Waals surface area (Å²) < 4.78 is 1.42. The van der Waals surface area contributed by atoms with Gasteiger partial charge in [-0.05, 0) is 52.8 Å². The molecule has 0 saturated carbocycles. The van der Waals surface area contributed by atoms with Crippen LogP contribution in [-0.4, -0.2) is 49.4 Å². The summed E-state index contributed by atoms with van der Waals surface area (Å²) in [5.74, 6) is 0.142. The summed E-state index contributed by atoms with van der Waals surface area (Å²) >= 11 is 7.23. The molecule has 1 amide bonds. The van der Waals surface area contributed by atoms with E-state index in [1.165, 1.54) is 16.3 Å². The molecular weight excluding hydrogens is 386 g/mol. The molecule has 0 aliphatic carbocycles. The molecule has 1 heterocycles. The number of thioether (sulfide) groups is 1. The van der Waals surface area contributed by atoms with Crippen LogP contribution in [0, 0.1) is 0 Å². The molecule has 27 heavy (non-hydrogen) atoms. The normalized spacial score (nSPS) is 12.8. The first-order valence-electron chi connectivity index (χ1n) is 8.94. The van der Waals surface area contributed by atoms with Gasteiger partial charge in [-0.25, -0.2) is 4.98 Å². The lowest BCUT2D eigenvalue weighted by atomic mass is 10.2. The van der Waals surface area contributed by atoms with Gasteiger partial charge in [-0.15, -0.1) is 0 Å². The van der Waals surface area contributed by atoms with Crippen molar-refractivity contribution in [1.29, 1.82) is 0 Å². The van der Waals surface area contributed by atoms with Gasteiger partial charge in [-0.3, -0.25) is 14.2 Å². The lowest BCUT2D eigenvalue weighted by Gasteiger charge is -2.30. The van der Waals surface area contributed by atoms with E-state index in [0.29, 0.717) is 21.1 Å². The summed E-state index contributed by atoms with van der Waals surface area (Å²) in [7, 11) is 0. The molecule has 8 heteroatoms. The highest BCUT2D eigenvalue weighted by Crippen LogP contribution is 2.22. The molecule has 0 fully saturated rings. The predicted molar refractivity (Wildman–Crippen MR) is 111 cm³/mol. The molecule has 1 atom stereocenters. The number of halogens is 1. The Morgan fingerprint density at radius 3 is 2.44 bits per heavy atom. The SMILES string of the molecule is CC(C)N(C(=O)CSc1nc2cc(Cl)ccc2c(=O)n1C[C@@H](C)O)C(C)C. The van der Waals surface area contributed by atoms with Gasteiger partial charge in [0.2, 0.25) is 5.91 Å². The molecule has 6 nitrogen and oxygen atoms in total. The van der Waals surface area contributed by atoms with E-state index in [-0.39, 0.29) is 35.8 Å². The summed E-state index contributed by atoms with van der Waals surface area (Å²) in [4.78, 5) is 31.8. The monoisotopic (exact) mass is 411 g/mol. The van der Waals surface area contributed by atoms with Crippen LogP contribution in [0.2, 0.25) is 5.02 Å². The average molecular weight is 412 g/mol. The number of nitrogens with zero attached hydrogens (tertiary/aromatic N) is 3. The number of rotatable bonds is 7. The van der Waals surface area contributed by atoms with Gasteiger partial charge in [0, 0.05) is 17.1 Å². The van der Waals surface area contributed by atoms with Crippen molar-refractivity contribution in [2.45, 2.75) is 64.5 Å². The van der Waals surface area contributed by atoms with Gasteiger partial charge in [0.05, 0.1) is 29.3 Å². The van der Waals surface area contributed by atoms with Gasteiger partial charge in [0.15, 0.2) is 5.16 Å². The van der Waals surface area contributed by atoms with Crippen molar-refractivity contribution in [2.75, 3.05) is 5.75 Å². The third-order valence-corrected chi connectivity index (χ3v) is 5.25. The first-order valence-corrected chi connectivity index (χ1v) is 10.3. The highest BCUT2D eigenvalue weighted by molar-refractivity contribution is 7.99. The molecule has 0 spiro atoms. The van der Waals surface area contributed by atoms with Crippen LogP contribution in [0.15, 0.2) is 28.2 Å². The number of aromatic nitrogens is 2. The third-order valence-electron chi connectivity index (χ3n) is 4.05. The fraction of sp³-hybridized carbons (Fsp3) is 0.526. The molecule has 1 aromatic heterocycles. The lowest BCUT2D eigenvalue weighted by Crippen LogP contribution is -2.43. The van der Waals surface area contributed by atoms with Crippen molar-refractivity contribution in [3.05, 3.63) is 33.6 Å². The van der Waals surface area contributed by atoms with E-state index in [0.717, 1.165) is 0 Å². The van der Waals surface area contributed by atoms with Crippen molar-refractivity contribution in [3.8, 4) is 0 Å². The maximum Gasteiger partial charge on any atom is 0.262 e. The van der Waals surface area contributed by atoms with Crippen molar-refractivity contribution in [2.24, 2.45) is 0 Å². The van der Waals surface area contributed by atoms with E-state index < -0.39 is 6.10 Å². The molecule has 0 saturated heterocycles. The number of benzene rings is 1. The Bertz CT molecular complexity index is 872. The van der Waals surface area contributed by atoms with Crippen LogP contribution in [-0.2, 0) is 11.3 Å². The number of carbonyl (C=O) groups excluding carboxylic acids is 1. The van der Waals surface area contributed by atoms with Gasteiger partial charge in [-0.2, -0.15) is 0 Å². The highest BCUT2D eigenvalue weighted by Gasteiger charge is 2.21. The van der Waals surface area contributed by atoms with Gasteiger partial charge < -0.3 is 10.0 Å². The van der Waals surface area contributed by atoms with Crippen LogP contribution in [0.25, 0.3) is 10.9 Å². The smallest absolute Gasteiger partial charge is 0.262 e. The van der Waals surface area contributed by atoms with Crippen molar-refractivity contribution in [3.63, 3.8) is 0 Å². The number of aliphatic hydroxyl groups is 1. The largest absolute Gasteiger partial charge is 0.392 e. The summed E-state index contributed by atoms with van der Waals surface area (Å²) in [6, 6.07) is 5.07. The van der Waals surface area contributed by atoms with E-state index in [1.54, 1.807) is 25.1 Å². The summed E-state index contributed by atoms with van der Waals surface area (Å²) in [6.45, 7) is 9.62. The minimum Gasteiger partial charge on any atom is -0.392 e. The maximum absolute atomic E-state index is 12.9. The highest BCUT2D eigenvalue weighted by atomic mass is 35.5. The quantitative estimate of drug-likeness (QED) is 0.559. The topological polar surface area (TPSA) is 75.4 Å². The van der Waals surface area contributed by atoms with Gasteiger partial charge >= 0.3 is 0 Å². The number of aliphatic hydroxyl groups excluding tert-OH is 1. The lowest BCUT2D eigenvalue weighted by molar-refractivity contribution is -0.131. The first kappa shape index (κ1) is 21.7. The molecule has 0 aliphatic heterocycles. The number of hydrogen-bond donors (Lipinski definition) is 1. The Labute approximate surface area is 168 Å². The zero-order valence-electron chi connectivity index (χ0n) is 16.3. The van der Waals surface area contributed by atoms with E-state index >= 15 is 0 Å². The summed E-state index contributed by atoms with van der Waals surface area (Å²) in [5.41, 5.74) is 0.228. The molecule has 2 rings (SSSR count). The standard InChI is InChI=1S/C19H26ClN3O3S/c1-11(2)23(12(3)4)17(25)10-27-19-21-16-8-14(20)6-7-15(16)18(26)22(19)9-13(5)24/h6-8,11-13,24H,9-10H2,1-5H3/t13-/m1/s1. The molecule has 148 valence electrons. The van der Waals surface area contributed by atoms with Gasteiger partial charge in [0.25, 0.3) is 5.56 Å². The van der Waals surface area contributed by atoms with E-state index in [1.807, 2.05) is 32.6 Å². The predicted octanol–water partition coefficient (Wildman–Crippen LogP) is 3.17. The van der Waals surface area contributed by atoms with Crippen molar-refractivity contribution < 1.29 is 9.90 Å². The minimum absolute atomic E-state index is 0.0194. The number of hydrogen-bond acceptors (Lipinski definition) is 5. The molecule has 0 aliphatic rings. The summed E-state index contributed by atoms with van der Waals surface area (Å²) in [6.07, 6.45) is -0.716. The van der Waals surface area contributed by atoms with Crippen LogP contribution >= 0.6 is 23.4 Å². The van der Waals surface area contributed by atoms with Crippen LogP contribution in [0.1, 0.15) is 34.6 Å². The fourth-order valence-corrected chi connectivity index (χ4v) is 4.13. The minimum atomic E-state index is -0.716. The van der Waals surface area contributed by atoms with Gasteiger partial charge in [-0.1, -0.05) is 23.4 Å². The van der Waals surface area contributed by atoms with E-state index in [2.05, 4.69) is 4.98 Å². The third kappa shape index (κ3) is 5.24. The second-order valence-electron chi connectivity index (χ2n) is 7.10. The molecular formula is C19H26ClN3O3S. The Hall–Kier alpha value is -1.57. The fourth-order valence-electron chi connectivity index (χ4n) is 3.08. The van der Waals surface area contributed by atoms with Gasteiger partial charge in [0.1, 0.15) is 0 Å². The van der Waals surface area contributed by atoms with Crippen LogP contribution in [0.3, 0.4) is 0 Å². The number of fused-ring (bicyclic) bond motifs is 1. The molecule has 1 N–H and O–H groups in total. The van der Waals surface area contributed by atoms with Crippen molar-refractivity contribution in [1.82, 2.24) is 14.5 Å². The molecule has 0 radical (unpaired) electrons. The maximum atomic E-state index is 12.9. The number of amides is 1. The Morgan fingerprint density at radius 2 is 1.89 bits per heavy atom. The second kappa shape index (κ2) is 9.08. The molecule has 1 aromatic carbocycles. The molecule has 0 unspecified atom stereocenters. The van der Waals surface area contributed by atoms with Crippen molar-refractivity contribution >= 4 is 40.2 Å². The average Bonchev–Trinajstić information content (AvgIpc) is 2.54. The van der Waals surface area contributed by atoms with Crippen LogP contribution < -0.4 is 5.56 Å². The zero-order valence-corrected chi connectivity index (χ0v) is 17.8. The van der Waals surface area contributed by atoms with Crippen LogP contribution in [0.4, 0.5) is 0 Å². The Morgan fingerprint density at radius 1 is 1.26 bits per heavy atom. The zero-order chi connectivity index (χ0) is 20.3. The Balaban J connectivity index is 2.40. The van der Waals surface area contributed by atoms with E-state index in [4.69, 9.17) is 11.6 Å². The Kier molecular flexibility index (Phi) is 7.31.